The SMILES string of the molecule is Cc1cc(CCC(=O)N2CCC3(CC2)CC3)n[nH]1. The molecule has 18 heavy (non-hydrogen) atoms. The molecule has 1 aliphatic heterocycles. The average molecular weight is 247 g/mol. The van der Waals surface area contributed by atoms with Crippen LogP contribution in [0.15, 0.2) is 6.07 Å². The zero-order valence-corrected chi connectivity index (χ0v) is 11.0. The van der Waals surface area contributed by atoms with E-state index in [1.165, 1.54) is 25.7 Å². The maximum absolute atomic E-state index is 12.1. The molecule has 2 aliphatic rings. The van der Waals surface area contributed by atoms with Gasteiger partial charge in [0, 0.05) is 31.6 Å². The summed E-state index contributed by atoms with van der Waals surface area (Å²) in [6.07, 6.45) is 6.58. The molecular formula is C14H21N3O. The molecule has 2 heterocycles. The summed E-state index contributed by atoms with van der Waals surface area (Å²) in [5.74, 6) is 0.297. The molecule has 2 fully saturated rings. The van der Waals surface area contributed by atoms with Crippen LogP contribution in [0.1, 0.15) is 43.5 Å². The van der Waals surface area contributed by atoms with Crippen LogP contribution in [0.5, 0.6) is 0 Å². The maximum atomic E-state index is 12.1. The smallest absolute Gasteiger partial charge is 0.222 e. The number of nitrogens with one attached hydrogen (secondary N) is 1. The van der Waals surface area contributed by atoms with Crippen LogP contribution in [0, 0.1) is 12.3 Å². The van der Waals surface area contributed by atoms with Crippen molar-refractivity contribution < 1.29 is 4.79 Å². The predicted octanol–water partition coefficient (Wildman–Crippen LogP) is 2.05. The maximum Gasteiger partial charge on any atom is 0.222 e. The minimum atomic E-state index is 0.297. The van der Waals surface area contributed by atoms with Gasteiger partial charge >= 0.3 is 0 Å². The Morgan fingerprint density at radius 2 is 2.11 bits per heavy atom. The minimum absolute atomic E-state index is 0.297. The lowest BCUT2D eigenvalue weighted by Gasteiger charge is -2.32. The fourth-order valence-electron chi connectivity index (χ4n) is 2.90. The van der Waals surface area contributed by atoms with Crippen molar-refractivity contribution in [1.29, 1.82) is 0 Å². The molecule has 1 saturated carbocycles. The molecular weight excluding hydrogens is 226 g/mol. The van der Waals surface area contributed by atoms with E-state index in [1.54, 1.807) is 0 Å². The van der Waals surface area contributed by atoms with Crippen molar-refractivity contribution in [3.63, 3.8) is 0 Å². The molecule has 4 heteroatoms. The largest absolute Gasteiger partial charge is 0.343 e. The van der Waals surface area contributed by atoms with Crippen molar-refractivity contribution in [3.8, 4) is 0 Å². The third-order valence-corrected chi connectivity index (χ3v) is 4.49. The standard InChI is InChI=1S/C14H21N3O/c1-11-10-12(16-15-11)2-3-13(18)17-8-6-14(4-5-14)7-9-17/h10H,2-9H2,1H3,(H,15,16). The number of rotatable bonds is 3. The quantitative estimate of drug-likeness (QED) is 0.888. The fourth-order valence-corrected chi connectivity index (χ4v) is 2.90. The van der Waals surface area contributed by atoms with Gasteiger partial charge < -0.3 is 4.90 Å². The van der Waals surface area contributed by atoms with Crippen LogP contribution in [0.2, 0.25) is 0 Å². The van der Waals surface area contributed by atoms with E-state index in [-0.39, 0.29) is 0 Å². The molecule has 3 rings (SSSR count). The van der Waals surface area contributed by atoms with Gasteiger partial charge in [-0.2, -0.15) is 5.10 Å². The van der Waals surface area contributed by atoms with Crippen LogP contribution < -0.4 is 0 Å². The van der Waals surface area contributed by atoms with E-state index in [0.717, 1.165) is 30.9 Å². The number of nitrogens with zero attached hydrogens (tertiary/aromatic N) is 2. The Bertz CT molecular complexity index is 438. The van der Waals surface area contributed by atoms with Gasteiger partial charge in [0.05, 0.1) is 5.69 Å². The van der Waals surface area contributed by atoms with Crippen molar-refractivity contribution in [3.05, 3.63) is 17.5 Å². The number of carbonyl (C=O) groups excluding carboxylic acids is 1. The third-order valence-electron chi connectivity index (χ3n) is 4.49. The van der Waals surface area contributed by atoms with Gasteiger partial charge in [0.25, 0.3) is 0 Å². The van der Waals surface area contributed by atoms with E-state index >= 15 is 0 Å². The predicted molar refractivity (Wildman–Crippen MR) is 69.1 cm³/mol. The Balaban J connectivity index is 1.46. The van der Waals surface area contributed by atoms with Crippen LogP contribution in [0.3, 0.4) is 0 Å². The van der Waals surface area contributed by atoms with Gasteiger partial charge in [0.2, 0.25) is 5.91 Å². The molecule has 0 bridgehead atoms. The summed E-state index contributed by atoms with van der Waals surface area (Å²) in [6.45, 7) is 3.93. The van der Waals surface area contributed by atoms with Gasteiger partial charge in [0.15, 0.2) is 0 Å². The summed E-state index contributed by atoms with van der Waals surface area (Å²) in [5, 5.41) is 7.09. The Hall–Kier alpha value is -1.32. The minimum Gasteiger partial charge on any atom is -0.343 e. The number of hydrogen-bond donors (Lipinski definition) is 1. The molecule has 0 radical (unpaired) electrons. The van der Waals surface area contributed by atoms with Gasteiger partial charge in [0.1, 0.15) is 0 Å². The molecule has 1 spiro atoms. The second-order valence-electron chi connectivity index (χ2n) is 5.92. The number of H-pyrrole nitrogens is 1. The second kappa shape index (κ2) is 4.41. The molecule has 0 aromatic carbocycles. The van der Waals surface area contributed by atoms with E-state index in [4.69, 9.17) is 0 Å². The first-order chi connectivity index (χ1) is 8.67. The highest BCUT2D eigenvalue weighted by molar-refractivity contribution is 5.76. The number of hydrogen-bond acceptors (Lipinski definition) is 2. The summed E-state index contributed by atoms with van der Waals surface area (Å²) in [4.78, 5) is 14.1. The average Bonchev–Trinajstić information content (AvgIpc) is 2.99. The molecule has 1 N–H and O–H groups in total. The molecule has 1 aromatic rings. The lowest BCUT2D eigenvalue weighted by Crippen LogP contribution is -2.39. The van der Waals surface area contributed by atoms with Crippen LogP contribution in [0.4, 0.5) is 0 Å². The first kappa shape index (κ1) is 11.8. The second-order valence-corrected chi connectivity index (χ2v) is 5.92. The normalized spacial score (nSPS) is 21.3. The van der Waals surface area contributed by atoms with Crippen molar-refractivity contribution in [2.45, 2.75) is 45.4 Å². The number of amides is 1. The molecule has 0 unspecified atom stereocenters. The summed E-state index contributed by atoms with van der Waals surface area (Å²) < 4.78 is 0. The van der Waals surface area contributed by atoms with Crippen LogP contribution >= 0.6 is 0 Å². The lowest BCUT2D eigenvalue weighted by molar-refractivity contribution is -0.132. The van der Waals surface area contributed by atoms with Crippen molar-refractivity contribution >= 4 is 5.91 Å². The fraction of sp³-hybridized carbons (Fsp3) is 0.714. The van der Waals surface area contributed by atoms with Crippen LogP contribution in [-0.2, 0) is 11.2 Å². The number of aryl methyl sites for hydroxylation is 2. The molecule has 98 valence electrons. The van der Waals surface area contributed by atoms with Crippen LogP contribution in [0.25, 0.3) is 0 Å². The summed E-state index contributed by atoms with van der Waals surface area (Å²) in [6, 6.07) is 2.02. The Kier molecular flexibility index (Phi) is 2.88. The van der Waals surface area contributed by atoms with E-state index in [1.807, 2.05) is 17.9 Å². The summed E-state index contributed by atoms with van der Waals surface area (Å²) in [5.41, 5.74) is 2.71. The van der Waals surface area contributed by atoms with Crippen LogP contribution in [-0.4, -0.2) is 34.1 Å². The lowest BCUT2D eigenvalue weighted by atomic mass is 9.93. The van der Waals surface area contributed by atoms with E-state index < -0.39 is 0 Å². The number of likely N-dealkylation sites (tertiary alicyclic amines) is 1. The highest BCUT2D eigenvalue weighted by Gasteiger charge is 2.44. The topological polar surface area (TPSA) is 49.0 Å². The van der Waals surface area contributed by atoms with Gasteiger partial charge in [-0.05, 0) is 44.1 Å². The third kappa shape index (κ3) is 2.42. The summed E-state index contributed by atoms with van der Waals surface area (Å²) >= 11 is 0. The molecule has 1 saturated heterocycles. The zero-order valence-electron chi connectivity index (χ0n) is 11.0. The molecule has 4 nitrogen and oxygen atoms in total. The molecule has 1 amide bonds. The summed E-state index contributed by atoms with van der Waals surface area (Å²) in [7, 11) is 0. The Morgan fingerprint density at radius 1 is 1.39 bits per heavy atom. The number of aromatic nitrogens is 2. The Labute approximate surface area is 108 Å². The first-order valence-electron chi connectivity index (χ1n) is 6.96. The molecule has 1 aliphatic carbocycles. The molecule has 1 aromatic heterocycles. The van der Waals surface area contributed by atoms with E-state index in [9.17, 15) is 4.79 Å². The highest BCUT2D eigenvalue weighted by atomic mass is 16.2. The monoisotopic (exact) mass is 247 g/mol. The van der Waals surface area contributed by atoms with Gasteiger partial charge in [-0.1, -0.05) is 0 Å². The first-order valence-corrected chi connectivity index (χ1v) is 6.96. The molecule has 0 atom stereocenters. The van der Waals surface area contributed by atoms with Crippen molar-refractivity contribution in [2.75, 3.05) is 13.1 Å². The van der Waals surface area contributed by atoms with Gasteiger partial charge in [-0.15, -0.1) is 0 Å². The zero-order chi connectivity index (χ0) is 12.6. The van der Waals surface area contributed by atoms with Crippen molar-refractivity contribution in [2.24, 2.45) is 5.41 Å². The number of piperidine rings is 1. The number of carbonyl (C=O) groups is 1. The van der Waals surface area contributed by atoms with Gasteiger partial charge in [-0.25, -0.2) is 0 Å². The van der Waals surface area contributed by atoms with Crippen molar-refractivity contribution in [1.82, 2.24) is 15.1 Å². The Morgan fingerprint density at radius 3 is 2.67 bits per heavy atom. The van der Waals surface area contributed by atoms with Gasteiger partial charge in [-0.3, -0.25) is 9.89 Å². The highest BCUT2D eigenvalue weighted by Crippen LogP contribution is 2.53. The van der Waals surface area contributed by atoms with E-state index in [0.29, 0.717) is 17.7 Å². The number of aromatic amines is 1. The van der Waals surface area contributed by atoms with E-state index in [2.05, 4.69) is 10.2 Å².